The minimum Gasteiger partial charge on any atom is -0.389 e. The highest BCUT2D eigenvalue weighted by atomic mass is 16.5. The molecule has 1 fully saturated rings. The van der Waals surface area contributed by atoms with Crippen LogP contribution in [0.3, 0.4) is 0 Å². The summed E-state index contributed by atoms with van der Waals surface area (Å²) in [5, 5.41) is 13.5. The molecule has 3 heteroatoms. The highest BCUT2D eigenvalue weighted by molar-refractivity contribution is 4.76. The maximum atomic E-state index is 10.1. The maximum Gasteiger partial charge on any atom is 0.0897 e. The predicted octanol–water partition coefficient (Wildman–Crippen LogP) is 3.75. The van der Waals surface area contributed by atoms with Crippen molar-refractivity contribution in [2.75, 3.05) is 13.2 Å². The third kappa shape index (κ3) is 8.18. The summed E-state index contributed by atoms with van der Waals surface area (Å²) < 4.78 is 5.99. The van der Waals surface area contributed by atoms with Crippen molar-refractivity contribution in [2.45, 2.75) is 90.9 Å². The van der Waals surface area contributed by atoms with E-state index < -0.39 is 0 Å². The van der Waals surface area contributed by atoms with Gasteiger partial charge in [-0.15, -0.1) is 0 Å². The molecule has 0 aromatic rings. The van der Waals surface area contributed by atoms with Crippen molar-refractivity contribution in [3.63, 3.8) is 0 Å². The Morgan fingerprint density at radius 2 is 1.86 bits per heavy atom. The molecule has 0 heterocycles. The lowest BCUT2D eigenvalue weighted by Crippen LogP contribution is -2.38. The van der Waals surface area contributed by atoms with Crippen LogP contribution in [0.2, 0.25) is 0 Å². The van der Waals surface area contributed by atoms with Crippen molar-refractivity contribution < 1.29 is 9.84 Å². The molecule has 3 nitrogen and oxygen atoms in total. The van der Waals surface area contributed by atoms with Gasteiger partial charge in [-0.2, -0.15) is 0 Å². The number of aliphatic hydroxyl groups is 1. The Bertz CT molecular complexity index is 258. The van der Waals surface area contributed by atoms with E-state index in [1.807, 2.05) is 0 Å². The molecule has 0 amide bonds. The van der Waals surface area contributed by atoms with Gasteiger partial charge < -0.3 is 15.2 Å². The van der Waals surface area contributed by atoms with E-state index in [4.69, 9.17) is 4.74 Å². The first-order valence-corrected chi connectivity index (χ1v) is 9.06. The van der Waals surface area contributed by atoms with Crippen LogP contribution in [-0.4, -0.2) is 36.5 Å². The molecule has 4 atom stereocenters. The van der Waals surface area contributed by atoms with Gasteiger partial charge in [0.1, 0.15) is 0 Å². The zero-order valence-electron chi connectivity index (χ0n) is 14.6. The summed E-state index contributed by atoms with van der Waals surface area (Å²) in [6, 6.07) is 0.472. The molecule has 21 heavy (non-hydrogen) atoms. The largest absolute Gasteiger partial charge is 0.389 e. The van der Waals surface area contributed by atoms with Crippen molar-refractivity contribution in [3.05, 3.63) is 0 Å². The van der Waals surface area contributed by atoms with Gasteiger partial charge in [-0.1, -0.05) is 40.0 Å². The van der Waals surface area contributed by atoms with Crippen molar-refractivity contribution in [1.29, 1.82) is 0 Å². The Morgan fingerprint density at radius 1 is 1.14 bits per heavy atom. The highest BCUT2D eigenvalue weighted by Crippen LogP contribution is 2.29. The first-order valence-electron chi connectivity index (χ1n) is 9.06. The van der Waals surface area contributed by atoms with Gasteiger partial charge in [0.15, 0.2) is 0 Å². The van der Waals surface area contributed by atoms with Crippen LogP contribution in [0.25, 0.3) is 0 Å². The predicted molar refractivity (Wildman–Crippen MR) is 89.5 cm³/mol. The number of ether oxygens (including phenoxy) is 1. The van der Waals surface area contributed by atoms with Gasteiger partial charge in [0.05, 0.1) is 18.8 Å². The van der Waals surface area contributed by atoms with E-state index in [0.717, 1.165) is 5.92 Å². The van der Waals surface area contributed by atoms with Gasteiger partial charge in [0.2, 0.25) is 0 Å². The summed E-state index contributed by atoms with van der Waals surface area (Å²) in [6.45, 7) is 10.1. The number of nitrogens with one attached hydrogen (secondary N) is 1. The molecule has 0 aromatic heterocycles. The van der Waals surface area contributed by atoms with Crippen molar-refractivity contribution in [2.24, 2.45) is 11.8 Å². The van der Waals surface area contributed by atoms with E-state index >= 15 is 0 Å². The van der Waals surface area contributed by atoms with E-state index in [2.05, 4.69) is 33.0 Å². The smallest absolute Gasteiger partial charge is 0.0897 e. The lowest BCUT2D eigenvalue weighted by Gasteiger charge is -2.31. The van der Waals surface area contributed by atoms with Crippen LogP contribution < -0.4 is 5.32 Å². The van der Waals surface area contributed by atoms with Crippen molar-refractivity contribution >= 4 is 0 Å². The molecule has 2 N–H and O–H groups in total. The summed E-state index contributed by atoms with van der Waals surface area (Å²) in [4.78, 5) is 0. The average molecular weight is 299 g/mol. The summed E-state index contributed by atoms with van der Waals surface area (Å²) in [5.74, 6) is 1.45. The lowest BCUT2D eigenvalue weighted by atomic mass is 9.85. The van der Waals surface area contributed by atoms with E-state index in [9.17, 15) is 5.11 Å². The Morgan fingerprint density at radius 3 is 2.52 bits per heavy atom. The number of hydrogen-bond donors (Lipinski definition) is 2. The van der Waals surface area contributed by atoms with Gasteiger partial charge in [-0.3, -0.25) is 0 Å². The Hall–Kier alpha value is -0.120. The Balaban J connectivity index is 2.13. The fourth-order valence-corrected chi connectivity index (χ4v) is 3.18. The fraction of sp³-hybridized carbons (Fsp3) is 1.00. The summed E-state index contributed by atoms with van der Waals surface area (Å²) in [7, 11) is 0. The Kier molecular flexibility index (Phi) is 9.54. The minimum atomic E-state index is -0.383. The van der Waals surface area contributed by atoms with Crippen LogP contribution in [-0.2, 0) is 4.74 Å². The van der Waals surface area contributed by atoms with Gasteiger partial charge in [0.25, 0.3) is 0 Å². The van der Waals surface area contributed by atoms with E-state index in [1.165, 1.54) is 44.9 Å². The molecule has 0 aromatic carbocycles. The second-order valence-electron chi connectivity index (χ2n) is 7.26. The van der Waals surface area contributed by atoms with Crippen LogP contribution in [0.15, 0.2) is 0 Å². The standard InChI is InChI=1S/C18H37NO2/c1-5-16-8-6-7-9-18(16)21-13-17(20)12-19-15(4)11-10-14(2)3/h14-20H,5-13H2,1-4H3. The molecule has 126 valence electrons. The highest BCUT2D eigenvalue weighted by Gasteiger charge is 2.24. The zero-order valence-corrected chi connectivity index (χ0v) is 14.6. The van der Waals surface area contributed by atoms with Gasteiger partial charge in [-0.25, -0.2) is 0 Å². The molecule has 0 bridgehead atoms. The van der Waals surface area contributed by atoms with Gasteiger partial charge >= 0.3 is 0 Å². The van der Waals surface area contributed by atoms with E-state index in [0.29, 0.717) is 31.2 Å². The molecule has 0 radical (unpaired) electrons. The van der Waals surface area contributed by atoms with E-state index in [1.54, 1.807) is 0 Å². The number of hydrogen-bond acceptors (Lipinski definition) is 3. The van der Waals surface area contributed by atoms with Crippen molar-refractivity contribution in [1.82, 2.24) is 5.32 Å². The summed E-state index contributed by atoms with van der Waals surface area (Å²) in [6.07, 6.45) is 8.68. The normalized spacial score (nSPS) is 26.0. The van der Waals surface area contributed by atoms with Crippen LogP contribution in [0.5, 0.6) is 0 Å². The molecule has 1 saturated carbocycles. The van der Waals surface area contributed by atoms with Crippen LogP contribution in [0.1, 0.15) is 72.6 Å². The first-order chi connectivity index (χ1) is 10.0. The third-order valence-electron chi connectivity index (χ3n) is 4.75. The maximum absolute atomic E-state index is 10.1. The molecule has 1 aliphatic carbocycles. The second kappa shape index (κ2) is 10.6. The van der Waals surface area contributed by atoms with Crippen LogP contribution in [0.4, 0.5) is 0 Å². The summed E-state index contributed by atoms with van der Waals surface area (Å²) >= 11 is 0. The minimum absolute atomic E-state index is 0.372. The third-order valence-corrected chi connectivity index (χ3v) is 4.75. The average Bonchev–Trinajstić information content (AvgIpc) is 2.49. The Labute approximate surface area is 131 Å². The fourth-order valence-electron chi connectivity index (χ4n) is 3.18. The molecular weight excluding hydrogens is 262 g/mol. The molecule has 4 unspecified atom stereocenters. The summed E-state index contributed by atoms with van der Waals surface area (Å²) in [5.41, 5.74) is 0. The van der Waals surface area contributed by atoms with Crippen LogP contribution >= 0.6 is 0 Å². The monoisotopic (exact) mass is 299 g/mol. The molecule has 0 aliphatic heterocycles. The molecular formula is C18H37NO2. The number of aliphatic hydroxyl groups excluding tert-OH is 1. The first kappa shape index (κ1) is 18.9. The van der Waals surface area contributed by atoms with Gasteiger partial charge in [-0.05, 0) is 44.4 Å². The SMILES string of the molecule is CCC1CCCCC1OCC(O)CNC(C)CCC(C)C. The van der Waals surface area contributed by atoms with Crippen LogP contribution in [0, 0.1) is 11.8 Å². The quantitative estimate of drug-likeness (QED) is 0.645. The van der Waals surface area contributed by atoms with Crippen molar-refractivity contribution in [3.8, 4) is 0 Å². The lowest BCUT2D eigenvalue weighted by molar-refractivity contribution is -0.0503. The molecule has 1 rings (SSSR count). The van der Waals surface area contributed by atoms with Gasteiger partial charge in [0, 0.05) is 12.6 Å². The molecule has 1 aliphatic rings. The zero-order chi connectivity index (χ0) is 15.7. The number of rotatable bonds is 10. The molecule has 0 spiro atoms. The topological polar surface area (TPSA) is 41.5 Å². The second-order valence-corrected chi connectivity index (χ2v) is 7.26. The van der Waals surface area contributed by atoms with E-state index in [-0.39, 0.29) is 6.10 Å². The molecule has 0 saturated heterocycles.